The van der Waals surface area contributed by atoms with Crippen LogP contribution in [0.3, 0.4) is 0 Å². The Bertz CT molecular complexity index is 512. The summed E-state index contributed by atoms with van der Waals surface area (Å²) in [4.78, 5) is 0. The van der Waals surface area contributed by atoms with E-state index in [2.05, 4.69) is 5.10 Å². The lowest BCUT2D eigenvalue weighted by Gasteiger charge is -2.12. The van der Waals surface area contributed by atoms with Gasteiger partial charge >= 0.3 is 0 Å². The lowest BCUT2D eigenvalue weighted by atomic mass is 10.1. The van der Waals surface area contributed by atoms with Crippen molar-refractivity contribution in [2.24, 2.45) is 12.8 Å². The van der Waals surface area contributed by atoms with Gasteiger partial charge in [0.15, 0.2) is 0 Å². The summed E-state index contributed by atoms with van der Waals surface area (Å²) in [7, 11) is 1.89. The summed E-state index contributed by atoms with van der Waals surface area (Å²) in [5.74, 6) is 0.740. The Balaban J connectivity index is 1.83. The van der Waals surface area contributed by atoms with Gasteiger partial charge < -0.3 is 10.5 Å². The van der Waals surface area contributed by atoms with Gasteiger partial charge in [-0.1, -0.05) is 17.7 Å². The van der Waals surface area contributed by atoms with Gasteiger partial charge in [0.2, 0.25) is 0 Å². The van der Waals surface area contributed by atoms with Crippen molar-refractivity contribution >= 4 is 11.6 Å². The first-order valence-electron chi connectivity index (χ1n) is 5.75. The molecule has 0 aliphatic rings. The van der Waals surface area contributed by atoms with Crippen LogP contribution in [0.1, 0.15) is 5.56 Å². The predicted molar refractivity (Wildman–Crippen MR) is 71.8 cm³/mol. The Morgan fingerprint density at radius 1 is 1.50 bits per heavy atom. The average Bonchev–Trinajstić information content (AvgIpc) is 2.72. The quantitative estimate of drug-likeness (QED) is 0.900. The molecular weight excluding hydrogens is 250 g/mol. The number of ether oxygens (including phenoxy) is 1. The SMILES string of the molecule is Cn1cc(CC(N)COc2cccc(Cl)c2)cn1. The van der Waals surface area contributed by atoms with Crippen LogP contribution < -0.4 is 10.5 Å². The second-order valence-electron chi connectivity index (χ2n) is 4.25. The second-order valence-corrected chi connectivity index (χ2v) is 4.69. The maximum Gasteiger partial charge on any atom is 0.120 e. The molecule has 0 radical (unpaired) electrons. The van der Waals surface area contributed by atoms with Crippen LogP contribution in [0.4, 0.5) is 0 Å². The molecule has 5 heteroatoms. The van der Waals surface area contributed by atoms with Crippen LogP contribution in [0.15, 0.2) is 36.7 Å². The zero-order valence-electron chi connectivity index (χ0n) is 10.2. The van der Waals surface area contributed by atoms with Gasteiger partial charge in [0.05, 0.1) is 6.20 Å². The Labute approximate surface area is 111 Å². The fraction of sp³-hybridized carbons (Fsp3) is 0.308. The van der Waals surface area contributed by atoms with Crippen molar-refractivity contribution in [3.8, 4) is 5.75 Å². The molecule has 1 unspecified atom stereocenters. The first-order valence-corrected chi connectivity index (χ1v) is 6.13. The number of rotatable bonds is 5. The van der Waals surface area contributed by atoms with E-state index in [0.29, 0.717) is 11.6 Å². The number of hydrogen-bond donors (Lipinski definition) is 1. The van der Waals surface area contributed by atoms with Crippen molar-refractivity contribution in [2.45, 2.75) is 12.5 Å². The number of hydrogen-bond acceptors (Lipinski definition) is 3. The summed E-state index contributed by atoms with van der Waals surface area (Å²) < 4.78 is 7.35. The Morgan fingerprint density at radius 2 is 2.33 bits per heavy atom. The van der Waals surface area contributed by atoms with E-state index in [0.717, 1.165) is 17.7 Å². The minimum atomic E-state index is -0.0619. The molecule has 18 heavy (non-hydrogen) atoms. The average molecular weight is 266 g/mol. The molecule has 1 heterocycles. The minimum Gasteiger partial charge on any atom is -0.492 e. The maximum absolute atomic E-state index is 6.01. The number of benzene rings is 1. The Morgan fingerprint density at radius 3 is 3.00 bits per heavy atom. The molecule has 0 saturated carbocycles. The van der Waals surface area contributed by atoms with Crippen LogP contribution in [0, 0.1) is 0 Å². The number of nitrogens with zero attached hydrogens (tertiary/aromatic N) is 2. The van der Waals surface area contributed by atoms with E-state index in [1.54, 1.807) is 10.7 Å². The highest BCUT2D eigenvalue weighted by molar-refractivity contribution is 6.30. The van der Waals surface area contributed by atoms with E-state index in [4.69, 9.17) is 22.1 Å². The molecule has 1 atom stereocenters. The van der Waals surface area contributed by atoms with Crippen LogP contribution in [0.25, 0.3) is 0 Å². The lowest BCUT2D eigenvalue weighted by molar-refractivity contribution is 0.287. The van der Waals surface area contributed by atoms with Crippen molar-refractivity contribution in [1.82, 2.24) is 9.78 Å². The summed E-state index contributed by atoms with van der Waals surface area (Å²) in [5.41, 5.74) is 7.12. The van der Waals surface area contributed by atoms with Crippen LogP contribution >= 0.6 is 11.6 Å². The van der Waals surface area contributed by atoms with Gasteiger partial charge in [0, 0.05) is 24.3 Å². The third kappa shape index (κ3) is 3.75. The molecule has 1 aromatic heterocycles. The van der Waals surface area contributed by atoms with Crippen molar-refractivity contribution in [3.05, 3.63) is 47.2 Å². The summed E-state index contributed by atoms with van der Waals surface area (Å²) >= 11 is 5.87. The van der Waals surface area contributed by atoms with E-state index < -0.39 is 0 Å². The molecule has 2 N–H and O–H groups in total. The monoisotopic (exact) mass is 265 g/mol. The van der Waals surface area contributed by atoms with Gasteiger partial charge in [-0.3, -0.25) is 4.68 Å². The van der Waals surface area contributed by atoms with Gasteiger partial charge in [-0.05, 0) is 30.2 Å². The maximum atomic E-state index is 6.01. The molecule has 0 amide bonds. The molecule has 0 fully saturated rings. The highest BCUT2D eigenvalue weighted by atomic mass is 35.5. The van der Waals surface area contributed by atoms with Crippen LogP contribution in [-0.4, -0.2) is 22.4 Å². The smallest absolute Gasteiger partial charge is 0.120 e. The largest absolute Gasteiger partial charge is 0.492 e. The van der Waals surface area contributed by atoms with Crippen LogP contribution in [0.2, 0.25) is 5.02 Å². The standard InChI is InChI=1S/C13H16ClN3O/c1-17-8-10(7-16-17)5-12(15)9-18-13-4-2-3-11(14)6-13/h2-4,6-8,12H,5,9,15H2,1H3. The van der Waals surface area contributed by atoms with Crippen molar-refractivity contribution < 1.29 is 4.74 Å². The lowest BCUT2D eigenvalue weighted by Crippen LogP contribution is -2.30. The highest BCUT2D eigenvalue weighted by Gasteiger charge is 2.07. The summed E-state index contributed by atoms with van der Waals surface area (Å²) in [6, 6.07) is 7.24. The first kappa shape index (κ1) is 12.9. The normalized spacial score (nSPS) is 12.4. The van der Waals surface area contributed by atoms with Gasteiger partial charge in [-0.25, -0.2) is 0 Å². The van der Waals surface area contributed by atoms with E-state index in [-0.39, 0.29) is 6.04 Å². The molecule has 1 aromatic carbocycles. The van der Waals surface area contributed by atoms with E-state index >= 15 is 0 Å². The predicted octanol–water partition coefficient (Wildman–Crippen LogP) is 2.02. The third-order valence-electron chi connectivity index (χ3n) is 2.52. The summed E-state index contributed by atoms with van der Waals surface area (Å²) in [6.45, 7) is 0.454. The van der Waals surface area contributed by atoms with E-state index in [1.807, 2.05) is 37.6 Å². The van der Waals surface area contributed by atoms with E-state index in [1.165, 1.54) is 0 Å². The molecule has 0 saturated heterocycles. The fourth-order valence-electron chi connectivity index (χ4n) is 1.70. The van der Waals surface area contributed by atoms with E-state index in [9.17, 15) is 0 Å². The minimum absolute atomic E-state index is 0.0619. The molecule has 2 rings (SSSR count). The number of aromatic nitrogens is 2. The molecule has 0 spiro atoms. The van der Waals surface area contributed by atoms with Crippen molar-refractivity contribution in [2.75, 3.05) is 6.61 Å². The molecule has 96 valence electrons. The molecule has 0 aliphatic carbocycles. The van der Waals surface area contributed by atoms with Crippen LogP contribution in [0.5, 0.6) is 5.75 Å². The van der Waals surface area contributed by atoms with Gasteiger partial charge in [-0.15, -0.1) is 0 Å². The van der Waals surface area contributed by atoms with Crippen molar-refractivity contribution in [1.29, 1.82) is 0 Å². The second kappa shape index (κ2) is 5.89. The molecule has 0 bridgehead atoms. The van der Waals surface area contributed by atoms with Gasteiger partial charge in [-0.2, -0.15) is 5.10 Å². The summed E-state index contributed by atoms with van der Waals surface area (Å²) in [6.07, 6.45) is 4.52. The summed E-state index contributed by atoms with van der Waals surface area (Å²) in [5, 5.41) is 4.76. The highest BCUT2D eigenvalue weighted by Crippen LogP contribution is 2.17. The molecular formula is C13H16ClN3O. The topological polar surface area (TPSA) is 53.1 Å². The fourth-order valence-corrected chi connectivity index (χ4v) is 1.88. The molecule has 0 aliphatic heterocycles. The molecule has 2 aromatic rings. The van der Waals surface area contributed by atoms with Gasteiger partial charge in [0.1, 0.15) is 12.4 Å². The number of aryl methyl sites for hydroxylation is 1. The number of nitrogens with two attached hydrogens (primary N) is 1. The Kier molecular flexibility index (Phi) is 4.23. The van der Waals surface area contributed by atoms with Gasteiger partial charge in [0.25, 0.3) is 0 Å². The molecule has 4 nitrogen and oxygen atoms in total. The van der Waals surface area contributed by atoms with Crippen molar-refractivity contribution in [3.63, 3.8) is 0 Å². The third-order valence-corrected chi connectivity index (χ3v) is 2.75. The zero-order valence-corrected chi connectivity index (χ0v) is 11.0. The Hall–Kier alpha value is -1.52. The first-order chi connectivity index (χ1) is 8.63. The number of halogens is 1. The van der Waals surface area contributed by atoms with Crippen LogP contribution in [-0.2, 0) is 13.5 Å². The zero-order chi connectivity index (χ0) is 13.0.